The van der Waals surface area contributed by atoms with Gasteiger partial charge in [0, 0.05) is 151 Å². The average molecular weight is 504 g/mol. The Labute approximate surface area is 291 Å². The van der Waals surface area contributed by atoms with Crippen molar-refractivity contribution in [3.8, 4) is 11.1 Å². The van der Waals surface area contributed by atoms with Crippen LogP contribution in [0.5, 0.6) is 0 Å². The number of hydrogen-bond donors (Lipinski definition) is 0. The smallest absolute Gasteiger partial charge is 0 e. The van der Waals surface area contributed by atoms with Crippen LogP contribution in [0.1, 0.15) is 5.56 Å². The summed E-state index contributed by atoms with van der Waals surface area (Å²) < 4.78 is 0. The van der Waals surface area contributed by atoms with Crippen molar-refractivity contribution in [1.82, 2.24) is 0 Å². The van der Waals surface area contributed by atoms with E-state index in [0.717, 1.165) is 5.56 Å². The van der Waals surface area contributed by atoms with Crippen molar-refractivity contribution in [2.75, 3.05) is 0 Å². The van der Waals surface area contributed by atoms with Gasteiger partial charge in [-0.15, -0.1) is 18.5 Å². The molecule has 0 bridgehead atoms. The van der Waals surface area contributed by atoms with Crippen molar-refractivity contribution >= 4 is 56.7 Å². The molecule has 0 saturated carbocycles. The molecule has 0 amide bonds. The van der Waals surface area contributed by atoms with Crippen LogP contribution in [0.4, 0.5) is 0 Å². The summed E-state index contributed by atoms with van der Waals surface area (Å²) in [6.07, 6.45) is 1.90. The normalized spacial score (nSPS) is 9.50. The Morgan fingerprint density at radius 1 is 0.607 bits per heavy atom. The molecule has 0 spiro atoms. The maximum absolute atomic E-state index is 3.88. The molecular weight excluding hydrogens is 486 g/mol. The van der Waals surface area contributed by atoms with Crippen LogP contribution in [0.25, 0.3) is 38.7 Å². The van der Waals surface area contributed by atoms with Crippen molar-refractivity contribution in [2.45, 2.75) is 0 Å². The second-order valence-electron chi connectivity index (χ2n) is 5.97. The summed E-state index contributed by atoms with van der Waals surface area (Å²) >= 11 is 0. The van der Waals surface area contributed by atoms with Crippen LogP contribution in [0, 0.1) is 151 Å². The Morgan fingerprint density at radius 2 is 1.14 bits per heavy atom. The fourth-order valence-electron chi connectivity index (χ4n) is 3.34. The monoisotopic (exact) mass is 504 g/mol. The zero-order valence-corrected chi connectivity index (χ0v) is 19.8. The van der Waals surface area contributed by atoms with Crippen LogP contribution in [0.3, 0.4) is 0 Å². The van der Waals surface area contributed by atoms with Gasteiger partial charge in [-0.1, -0.05) is 73.3 Å². The molecule has 0 saturated heterocycles. The molecule has 28 heavy (non-hydrogen) atoms. The van der Waals surface area contributed by atoms with Gasteiger partial charge < -0.3 is 0 Å². The molecule has 6 heteroatoms. The van der Waals surface area contributed by atoms with Gasteiger partial charge >= 0.3 is 0 Å². The molecule has 0 nitrogen and oxygen atoms in total. The summed E-state index contributed by atoms with van der Waals surface area (Å²) in [5.41, 5.74) is 3.73. The number of rotatable bonds is 2. The first-order valence-electron chi connectivity index (χ1n) is 7.91. The van der Waals surface area contributed by atoms with Gasteiger partial charge in [-0.05, 0) is 54.9 Å². The van der Waals surface area contributed by atoms with Crippen molar-refractivity contribution in [3.05, 3.63) is 78.9 Å². The van der Waals surface area contributed by atoms with Crippen LogP contribution in [-0.2, 0) is 0 Å². The quantitative estimate of drug-likeness (QED) is 0.325. The standard InChI is InChI=1S/C22H18P2.4Ar/c1-2-14-7-10-18-16(13-14)9-12-20(24)22(18)21-17-6-4-3-5-15(17)8-11-19(21)23;;;;/h2-13H,1,23-24H2;;;;. The maximum atomic E-state index is 3.88. The average Bonchev–Trinajstić information content (AvgIpc) is 2.62. The third-order valence-electron chi connectivity index (χ3n) is 4.52. The van der Waals surface area contributed by atoms with E-state index in [1.807, 2.05) is 6.08 Å². The fourth-order valence-corrected chi connectivity index (χ4v) is 4.13. The molecule has 0 N–H and O–H groups in total. The zero-order chi connectivity index (χ0) is 16.7. The molecule has 0 heterocycles. The molecule has 4 aromatic rings. The van der Waals surface area contributed by atoms with Crippen LogP contribution < -0.4 is 10.6 Å². The Hall–Kier alpha value is 3.04. The summed E-state index contributed by atoms with van der Waals surface area (Å²) in [5.74, 6) is 0. The van der Waals surface area contributed by atoms with Crippen molar-refractivity contribution < 1.29 is 151 Å². The Kier molecular flexibility index (Phi) is 15.9. The number of fused-ring (bicyclic) bond motifs is 2. The molecule has 0 radical (unpaired) electrons. The van der Waals surface area contributed by atoms with E-state index in [2.05, 4.69) is 91.8 Å². The topological polar surface area (TPSA) is 0 Å². The van der Waals surface area contributed by atoms with Gasteiger partial charge in [0.05, 0.1) is 0 Å². The molecule has 4 rings (SSSR count). The molecular formula is C22H18Ar4P2. The van der Waals surface area contributed by atoms with Gasteiger partial charge in [0.25, 0.3) is 0 Å². The third-order valence-corrected chi connectivity index (χ3v) is 5.49. The van der Waals surface area contributed by atoms with Gasteiger partial charge in [0.15, 0.2) is 0 Å². The van der Waals surface area contributed by atoms with E-state index < -0.39 is 0 Å². The Bertz CT molecular complexity index is 1110. The zero-order valence-electron chi connectivity index (χ0n) is 14.7. The van der Waals surface area contributed by atoms with Crippen LogP contribution in [-0.4, -0.2) is 0 Å². The largest absolute Gasteiger partial charge is 0.105 e. The molecule has 2 unspecified atom stereocenters. The number of hydrogen-bond acceptors (Lipinski definition) is 0. The van der Waals surface area contributed by atoms with E-state index in [4.69, 9.17) is 0 Å². The molecule has 4 aromatic carbocycles. The summed E-state index contributed by atoms with van der Waals surface area (Å²) in [7, 11) is 5.80. The third kappa shape index (κ3) is 6.55. The SMILES string of the molecule is C=Cc1ccc2c(-c3c(P)ccc4ccccc34)c(P)ccc2c1.[Ar].[Ar].[Ar].[Ar]. The molecule has 0 fully saturated rings. The predicted molar refractivity (Wildman–Crippen MR) is 116 cm³/mol. The first-order chi connectivity index (χ1) is 11.7. The van der Waals surface area contributed by atoms with E-state index in [-0.39, 0.29) is 151 Å². The molecule has 0 aromatic heterocycles. The molecule has 0 aliphatic carbocycles. The first-order valence-corrected chi connectivity index (χ1v) is 9.07. The second-order valence-corrected chi connectivity index (χ2v) is 7.21. The van der Waals surface area contributed by atoms with Crippen molar-refractivity contribution in [2.24, 2.45) is 0 Å². The van der Waals surface area contributed by atoms with E-state index in [0.29, 0.717) is 0 Å². The predicted octanol–water partition coefficient (Wildman–Crippen LogP) is 5.30. The first kappa shape index (κ1) is 31.0. The minimum atomic E-state index is 0. The van der Waals surface area contributed by atoms with Gasteiger partial charge in [-0.2, -0.15) is 0 Å². The van der Waals surface area contributed by atoms with E-state index in [1.165, 1.54) is 43.3 Å². The summed E-state index contributed by atoms with van der Waals surface area (Å²) in [6, 6.07) is 23.9. The Balaban J connectivity index is 0.00000182. The fraction of sp³-hybridized carbons (Fsp3) is 0. The summed E-state index contributed by atoms with van der Waals surface area (Å²) in [6.45, 7) is 3.88. The minimum Gasteiger partial charge on any atom is -0.105 e. The van der Waals surface area contributed by atoms with Crippen LogP contribution in [0.2, 0.25) is 0 Å². The summed E-state index contributed by atoms with van der Waals surface area (Å²) in [5, 5.41) is 7.50. The van der Waals surface area contributed by atoms with Crippen molar-refractivity contribution in [1.29, 1.82) is 0 Å². The second kappa shape index (κ2) is 14.3. The molecule has 0 aliphatic rings. The molecule has 0 aliphatic heterocycles. The minimum absolute atomic E-state index is 0. The van der Waals surface area contributed by atoms with Gasteiger partial charge in [-0.25, -0.2) is 0 Å². The Morgan fingerprint density at radius 3 is 1.75 bits per heavy atom. The van der Waals surface area contributed by atoms with Crippen LogP contribution in [0.15, 0.2) is 73.3 Å². The summed E-state index contributed by atoms with van der Waals surface area (Å²) in [4.78, 5) is 0. The molecule has 2 atom stereocenters. The van der Waals surface area contributed by atoms with E-state index in [1.54, 1.807) is 0 Å². The van der Waals surface area contributed by atoms with Gasteiger partial charge in [0.1, 0.15) is 0 Å². The van der Waals surface area contributed by atoms with E-state index >= 15 is 0 Å². The number of benzene rings is 4. The van der Waals surface area contributed by atoms with Gasteiger partial charge in [-0.3, -0.25) is 0 Å². The molecule has 148 valence electrons. The van der Waals surface area contributed by atoms with Crippen molar-refractivity contribution in [3.63, 3.8) is 0 Å². The maximum Gasteiger partial charge on any atom is 0 e. The van der Waals surface area contributed by atoms with Crippen LogP contribution >= 0.6 is 18.5 Å². The van der Waals surface area contributed by atoms with Gasteiger partial charge in [0.2, 0.25) is 0 Å². The van der Waals surface area contributed by atoms with E-state index in [9.17, 15) is 0 Å².